The van der Waals surface area contributed by atoms with E-state index in [4.69, 9.17) is 4.98 Å². The zero-order valence-corrected chi connectivity index (χ0v) is 9.83. The largest absolute Gasteiger partial charge is 0.331 e. The lowest BCUT2D eigenvalue weighted by Crippen LogP contribution is -2.04. The highest BCUT2D eigenvalue weighted by Crippen LogP contribution is 2.40. The molecule has 1 aromatic carbocycles. The number of nitrogens with one attached hydrogen (secondary N) is 1. The van der Waals surface area contributed by atoms with E-state index in [1.54, 1.807) is 0 Å². The lowest BCUT2D eigenvalue weighted by Gasteiger charge is -2.01. The molecule has 1 aliphatic rings. The third kappa shape index (κ3) is 1.52. The molecule has 16 heavy (non-hydrogen) atoms. The van der Waals surface area contributed by atoms with Gasteiger partial charge in [0.05, 0.1) is 11.0 Å². The van der Waals surface area contributed by atoms with E-state index in [9.17, 15) is 0 Å². The quantitative estimate of drug-likeness (QED) is 0.850. The van der Waals surface area contributed by atoms with Crippen LogP contribution in [-0.4, -0.2) is 16.6 Å². The van der Waals surface area contributed by atoms with Gasteiger partial charge in [-0.2, -0.15) is 0 Å². The Balaban J connectivity index is 2.09. The average molecular weight is 215 g/mol. The fraction of sp³-hybridized carbons (Fsp3) is 0.462. The van der Waals surface area contributed by atoms with Crippen LogP contribution in [0.3, 0.4) is 0 Å². The van der Waals surface area contributed by atoms with Crippen molar-refractivity contribution in [1.29, 1.82) is 0 Å². The summed E-state index contributed by atoms with van der Waals surface area (Å²) in [7, 11) is 4.10. The normalized spacial score (nSPS) is 15.9. The summed E-state index contributed by atoms with van der Waals surface area (Å²) in [4.78, 5) is 4.75. The Morgan fingerprint density at radius 3 is 2.94 bits per heavy atom. The summed E-state index contributed by atoms with van der Waals surface area (Å²) in [6.45, 7) is 0.908. The first-order valence-corrected chi connectivity index (χ1v) is 5.89. The van der Waals surface area contributed by atoms with Crippen molar-refractivity contribution < 1.29 is 0 Å². The summed E-state index contributed by atoms with van der Waals surface area (Å²) in [6, 6.07) is 6.55. The SMILES string of the molecule is CNCc1ccc2c(c1)nc(C1CC1)n2C. The van der Waals surface area contributed by atoms with Gasteiger partial charge in [-0.05, 0) is 37.6 Å². The number of nitrogens with zero attached hydrogens (tertiary/aromatic N) is 2. The van der Waals surface area contributed by atoms with Gasteiger partial charge in [0, 0.05) is 19.5 Å². The number of hydrogen-bond acceptors (Lipinski definition) is 2. The Kier molecular flexibility index (Phi) is 2.21. The number of aromatic nitrogens is 2. The van der Waals surface area contributed by atoms with Crippen molar-refractivity contribution in [2.75, 3.05) is 7.05 Å². The van der Waals surface area contributed by atoms with E-state index >= 15 is 0 Å². The Bertz CT molecular complexity index is 523. The van der Waals surface area contributed by atoms with Crippen LogP contribution in [0.4, 0.5) is 0 Å². The molecule has 0 bridgehead atoms. The van der Waals surface area contributed by atoms with Gasteiger partial charge in [0.25, 0.3) is 0 Å². The lowest BCUT2D eigenvalue weighted by molar-refractivity contribution is 0.817. The minimum Gasteiger partial charge on any atom is -0.331 e. The number of imidazole rings is 1. The maximum atomic E-state index is 4.75. The van der Waals surface area contributed by atoms with Crippen molar-refractivity contribution in [2.45, 2.75) is 25.3 Å². The highest BCUT2D eigenvalue weighted by molar-refractivity contribution is 5.77. The molecule has 1 N–H and O–H groups in total. The second-order valence-electron chi connectivity index (χ2n) is 4.66. The molecule has 1 fully saturated rings. The molecule has 2 aromatic rings. The van der Waals surface area contributed by atoms with Crippen LogP contribution in [0.5, 0.6) is 0 Å². The third-order valence-electron chi connectivity index (χ3n) is 3.30. The van der Waals surface area contributed by atoms with Gasteiger partial charge >= 0.3 is 0 Å². The molecule has 0 aliphatic heterocycles. The fourth-order valence-electron chi connectivity index (χ4n) is 2.28. The maximum Gasteiger partial charge on any atom is 0.112 e. The van der Waals surface area contributed by atoms with E-state index in [1.165, 1.54) is 29.7 Å². The molecule has 1 heterocycles. The predicted octanol–water partition coefficient (Wildman–Crippen LogP) is 2.17. The second kappa shape index (κ2) is 3.59. The molecule has 1 aliphatic carbocycles. The van der Waals surface area contributed by atoms with E-state index in [0.29, 0.717) is 5.92 Å². The zero-order chi connectivity index (χ0) is 11.1. The van der Waals surface area contributed by atoms with Crippen LogP contribution < -0.4 is 5.32 Å². The van der Waals surface area contributed by atoms with Crippen LogP contribution in [0, 0.1) is 0 Å². The minimum absolute atomic E-state index is 0.713. The zero-order valence-electron chi connectivity index (χ0n) is 9.83. The highest BCUT2D eigenvalue weighted by Gasteiger charge is 2.28. The molecule has 84 valence electrons. The van der Waals surface area contributed by atoms with Gasteiger partial charge in [-0.3, -0.25) is 0 Å². The van der Waals surface area contributed by atoms with Crippen LogP contribution in [0.1, 0.15) is 30.1 Å². The van der Waals surface area contributed by atoms with Crippen molar-refractivity contribution in [1.82, 2.24) is 14.9 Å². The third-order valence-corrected chi connectivity index (χ3v) is 3.30. The van der Waals surface area contributed by atoms with Gasteiger partial charge in [-0.25, -0.2) is 4.98 Å². The molecule has 3 nitrogen and oxygen atoms in total. The standard InChI is InChI=1S/C13H17N3/c1-14-8-9-3-6-12-11(7-9)15-13(16(12)2)10-4-5-10/h3,6-7,10,14H,4-5,8H2,1-2H3. The summed E-state index contributed by atoms with van der Waals surface area (Å²) in [5.74, 6) is 1.97. The first-order chi connectivity index (χ1) is 7.79. The van der Waals surface area contributed by atoms with Crippen molar-refractivity contribution in [3.05, 3.63) is 29.6 Å². The Labute approximate surface area is 95.5 Å². The van der Waals surface area contributed by atoms with Crippen molar-refractivity contribution >= 4 is 11.0 Å². The predicted molar refractivity (Wildman–Crippen MR) is 65.5 cm³/mol. The number of aryl methyl sites for hydroxylation is 1. The molecule has 0 spiro atoms. The van der Waals surface area contributed by atoms with E-state index in [1.807, 2.05) is 7.05 Å². The molecule has 0 atom stereocenters. The molecule has 3 rings (SSSR count). The van der Waals surface area contributed by atoms with Gasteiger partial charge in [-0.1, -0.05) is 6.07 Å². The van der Waals surface area contributed by atoms with Gasteiger partial charge in [0.1, 0.15) is 5.82 Å². The Morgan fingerprint density at radius 1 is 1.44 bits per heavy atom. The molecule has 0 unspecified atom stereocenters. The second-order valence-corrected chi connectivity index (χ2v) is 4.66. The molecule has 0 radical (unpaired) electrons. The van der Waals surface area contributed by atoms with Gasteiger partial charge < -0.3 is 9.88 Å². The Morgan fingerprint density at radius 2 is 2.25 bits per heavy atom. The molecule has 0 saturated heterocycles. The summed E-state index contributed by atoms with van der Waals surface area (Å²) >= 11 is 0. The minimum atomic E-state index is 0.713. The number of fused-ring (bicyclic) bond motifs is 1. The first-order valence-electron chi connectivity index (χ1n) is 5.89. The van der Waals surface area contributed by atoms with Crippen LogP contribution in [-0.2, 0) is 13.6 Å². The van der Waals surface area contributed by atoms with Crippen LogP contribution >= 0.6 is 0 Å². The fourth-order valence-corrected chi connectivity index (χ4v) is 2.28. The van der Waals surface area contributed by atoms with Gasteiger partial charge in [-0.15, -0.1) is 0 Å². The summed E-state index contributed by atoms with van der Waals surface area (Å²) < 4.78 is 2.25. The first kappa shape index (κ1) is 9.85. The van der Waals surface area contributed by atoms with Crippen molar-refractivity contribution in [2.24, 2.45) is 7.05 Å². The van der Waals surface area contributed by atoms with Gasteiger partial charge in [0.15, 0.2) is 0 Å². The van der Waals surface area contributed by atoms with E-state index < -0.39 is 0 Å². The van der Waals surface area contributed by atoms with Crippen molar-refractivity contribution in [3.63, 3.8) is 0 Å². The molecular formula is C13H17N3. The molecule has 1 aromatic heterocycles. The molecular weight excluding hydrogens is 198 g/mol. The van der Waals surface area contributed by atoms with Crippen LogP contribution in [0.25, 0.3) is 11.0 Å². The Hall–Kier alpha value is -1.35. The highest BCUT2D eigenvalue weighted by atomic mass is 15.1. The smallest absolute Gasteiger partial charge is 0.112 e. The summed E-state index contributed by atoms with van der Waals surface area (Å²) in [5, 5.41) is 3.17. The average Bonchev–Trinajstić information content (AvgIpc) is 3.06. The van der Waals surface area contributed by atoms with Gasteiger partial charge in [0.2, 0.25) is 0 Å². The molecule has 3 heteroatoms. The molecule has 1 saturated carbocycles. The maximum absolute atomic E-state index is 4.75. The molecule has 0 amide bonds. The lowest BCUT2D eigenvalue weighted by atomic mass is 10.2. The topological polar surface area (TPSA) is 29.9 Å². The van der Waals surface area contributed by atoms with E-state index in [2.05, 4.69) is 35.1 Å². The van der Waals surface area contributed by atoms with E-state index in [-0.39, 0.29) is 0 Å². The van der Waals surface area contributed by atoms with Crippen molar-refractivity contribution in [3.8, 4) is 0 Å². The van der Waals surface area contributed by atoms with Crippen LogP contribution in [0.15, 0.2) is 18.2 Å². The summed E-state index contributed by atoms with van der Waals surface area (Å²) in [5.41, 5.74) is 3.69. The number of benzene rings is 1. The van der Waals surface area contributed by atoms with Crippen LogP contribution in [0.2, 0.25) is 0 Å². The monoisotopic (exact) mass is 215 g/mol. The number of rotatable bonds is 3. The summed E-state index contributed by atoms with van der Waals surface area (Å²) in [6.07, 6.45) is 2.61. The number of hydrogen-bond donors (Lipinski definition) is 1. The van der Waals surface area contributed by atoms with E-state index in [0.717, 1.165) is 12.1 Å².